The third kappa shape index (κ3) is 8.46. The third-order valence-corrected chi connectivity index (χ3v) is 7.52. The molecule has 1 aliphatic carbocycles. The van der Waals surface area contributed by atoms with Gasteiger partial charge in [0.15, 0.2) is 0 Å². The second-order valence-electron chi connectivity index (χ2n) is 11.7. The van der Waals surface area contributed by atoms with Gasteiger partial charge < -0.3 is 24.7 Å². The summed E-state index contributed by atoms with van der Waals surface area (Å²) in [6, 6.07) is 2.98. The average molecular weight is 533 g/mol. The molecule has 0 radical (unpaired) electrons. The van der Waals surface area contributed by atoms with Crippen molar-refractivity contribution in [2.24, 2.45) is 0 Å². The maximum atomic E-state index is 12.8. The molecule has 0 aromatic carbocycles. The van der Waals surface area contributed by atoms with Gasteiger partial charge in [-0.3, -0.25) is 20.4 Å². The van der Waals surface area contributed by atoms with Crippen LogP contribution in [0.2, 0.25) is 25.7 Å². The summed E-state index contributed by atoms with van der Waals surface area (Å²) in [7, 11) is -1.19. The van der Waals surface area contributed by atoms with Crippen LogP contribution >= 0.6 is 0 Å². The van der Waals surface area contributed by atoms with Gasteiger partial charge in [-0.15, -0.1) is 0 Å². The number of hydrogen-bond acceptors (Lipinski definition) is 7. The van der Waals surface area contributed by atoms with E-state index in [2.05, 4.69) is 46.1 Å². The normalized spacial score (nSPS) is 17.6. The predicted octanol–water partition coefficient (Wildman–Crippen LogP) is 3.60. The van der Waals surface area contributed by atoms with Crippen LogP contribution in [0.4, 0.5) is 10.5 Å². The van der Waals surface area contributed by atoms with E-state index in [4.69, 9.17) is 9.47 Å². The molecule has 0 bridgehead atoms. The van der Waals surface area contributed by atoms with E-state index in [1.165, 1.54) is 13.1 Å². The Kier molecular flexibility index (Phi) is 8.85. The second-order valence-corrected chi connectivity index (χ2v) is 17.3. The van der Waals surface area contributed by atoms with Crippen molar-refractivity contribution in [3.63, 3.8) is 0 Å². The van der Waals surface area contributed by atoms with Crippen molar-refractivity contribution in [3.05, 3.63) is 24.0 Å². The molecule has 1 fully saturated rings. The maximum absolute atomic E-state index is 12.8. The van der Waals surface area contributed by atoms with Gasteiger partial charge in [-0.2, -0.15) is 0 Å². The number of alkyl carbamates (subject to hydrolysis) is 1. The second kappa shape index (κ2) is 11.5. The number of pyridine rings is 1. The van der Waals surface area contributed by atoms with Crippen LogP contribution in [-0.4, -0.2) is 59.8 Å². The molecule has 4 N–H and O–H groups in total. The van der Waals surface area contributed by atoms with Crippen LogP contribution in [0.5, 0.6) is 0 Å². The van der Waals surface area contributed by atoms with Crippen molar-refractivity contribution in [3.8, 4) is 0 Å². The summed E-state index contributed by atoms with van der Waals surface area (Å²) in [4.78, 5) is 40.7. The lowest BCUT2D eigenvalue weighted by Gasteiger charge is -2.37. The number of anilines is 1. The van der Waals surface area contributed by atoms with Crippen LogP contribution in [0.1, 0.15) is 50.9 Å². The highest BCUT2D eigenvalue weighted by Gasteiger charge is 2.33. The van der Waals surface area contributed by atoms with Gasteiger partial charge in [0.1, 0.15) is 18.0 Å². The van der Waals surface area contributed by atoms with Crippen molar-refractivity contribution in [2.45, 2.75) is 90.6 Å². The standard InChI is InChI=1S/C25H40N6O5Si/c1-16(32)29-30-23(33)20-14-26-22-19(8-9-31(22)15-35-10-11-37(5,6)7)21(20)27-17-12-18(13-17)28-24(34)36-25(2,3)4/h8-9,14,17-18H,10-13,15H2,1-7H3,(H,26,27)(H,28,34)(H,29,32)(H,30,33). The lowest BCUT2D eigenvalue weighted by Crippen LogP contribution is -2.51. The number of hydrazine groups is 1. The highest BCUT2D eigenvalue weighted by Crippen LogP contribution is 2.32. The minimum absolute atomic E-state index is 0.0225. The Morgan fingerprint density at radius 1 is 1.14 bits per heavy atom. The zero-order chi connectivity index (χ0) is 27.4. The monoisotopic (exact) mass is 532 g/mol. The minimum atomic E-state index is -1.19. The Morgan fingerprint density at radius 3 is 2.46 bits per heavy atom. The van der Waals surface area contributed by atoms with Gasteiger partial charge in [0, 0.05) is 51.5 Å². The average Bonchev–Trinajstić information content (AvgIpc) is 3.15. The summed E-state index contributed by atoms with van der Waals surface area (Å²) in [5, 5.41) is 7.11. The first kappa shape index (κ1) is 28.4. The number of hydrogen-bond donors (Lipinski definition) is 4. The minimum Gasteiger partial charge on any atom is -0.444 e. The van der Waals surface area contributed by atoms with Crippen molar-refractivity contribution in [1.82, 2.24) is 25.7 Å². The molecule has 0 unspecified atom stereocenters. The van der Waals surface area contributed by atoms with Gasteiger partial charge in [0.25, 0.3) is 5.91 Å². The van der Waals surface area contributed by atoms with E-state index < -0.39 is 25.7 Å². The van der Waals surface area contributed by atoms with Crippen LogP contribution in [-0.2, 0) is 21.0 Å². The number of fused-ring (bicyclic) bond motifs is 1. The van der Waals surface area contributed by atoms with Gasteiger partial charge in [-0.1, -0.05) is 19.6 Å². The summed E-state index contributed by atoms with van der Waals surface area (Å²) < 4.78 is 13.1. The number of carbonyl (C=O) groups is 3. The smallest absolute Gasteiger partial charge is 0.407 e. The molecule has 12 heteroatoms. The van der Waals surface area contributed by atoms with Crippen LogP contribution in [0, 0.1) is 0 Å². The van der Waals surface area contributed by atoms with Gasteiger partial charge in [-0.25, -0.2) is 9.78 Å². The van der Waals surface area contributed by atoms with Crippen LogP contribution in [0.25, 0.3) is 11.0 Å². The molecule has 2 aromatic heterocycles. The highest BCUT2D eigenvalue weighted by molar-refractivity contribution is 6.76. The van der Waals surface area contributed by atoms with E-state index in [1.807, 2.05) is 37.6 Å². The van der Waals surface area contributed by atoms with E-state index in [-0.39, 0.29) is 18.0 Å². The number of amides is 3. The molecule has 11 nitrogen and oxygen atoms in total. The number of aromatic nitrogens is 2. The van der Waals surface area contributed by atoms with E-state index in [1.54, 1.807) is 0 Å². The highest BCUT2D eigenvalue weighted by atomic mass is 28.3. The Hall–Kier alpha value is -3.12. The summed E-state index contributed by atoms with van der Waals surface area (Å²) >= 11 is 0. The molecular weight excluding hydrogens is 492 g/mol. The van der Waals surface area contributed by atoms with E-state index in [0.717, 1.165) is 11.4 Å². The van der Waals surface area contributed by atoms with E-state index >= 15 is 0 Å². The molecule has 0 aliphatic heterocycles. The van der Waals surface area contributed by atoms with Crippen molar-refractivity contribution >= 4 is 42.7 Å². The van der Waals surface area contributed by atoms with Crippen LogP contribution in [0.3, 0.4) is 0 Å². The van der Waals surface area contributed by atoms with Crippen molar-refractivity contribution in [2.75, 3.05) is 11.9 Å². The Labute approximate surface area is 219 Å². The first-order valence-corrected chi connectivity index (χ1v) is 16.3. The molecule has 204 valence electrons. The molecule has 1 aliphatic rings. The molecule has 37 heavy (non-hydrogen) atoms. The number of carbonyl (C=O) groups excluding carboxylic acids is 3. The Bertz CT molecular complexity index is 1130. The lowest BCUT2D eigenvalue weighted by atomic mass is 9.86. The first-order valence-electron chi connectivity index (χ1n) is 12.6. The maximum Gasteiger partial charge on any atom is 0.407 e. The number of ether oxygens (including phenoxy) is 2. The van der Waals surface area contributed by atoms with Gasteiger partial charge >= 0.3 is 6.09 Å². The summed E-state index contributed by atoms with van der Waals surface area (Å²) in [6.07, 6.45) is 4.30. The van der Waals surface area contributed by atoms with Crippen molar-refractivity contribution in [1.29, 1.82) is 0 Å². The predicted molar refractivity (Wildman–Crippen MR) is 145 cm³/mol. The molecule has 1 saturated carbocycles. The SMILES string of the molecule is CC(=O)NNC(=O)c1cnc2c(ccn2COCC[Si](C)(C)C)c1NC1CC(NC(=O)OC(C)(C)C)C1. The van der Waals surface area contributed by atoms with Crippen molar-refractivity contribution < 1.29 is 23.9 Å². The molecule has 0 atom stereocenters. The molecule has 0 saturated heterocycles. The summed E-state index contributed by atoms with van der Waals surface area (Å²) in [5.41, 5.74) is 5.79. The largest absolute Gasteiger partial charge is 0.444 e. The lowest BCUT2D eigenvalue weighted by molar-refractivity contribution is -0.119. The van der Waals surface area contributed by atoms with Gasteiger partial charge in [0.2, 0.25) is 5.91 Å². The zero-order valence-corrected chi connectivity index (χ0v) is 23.9. The zero-order valence-electron chi connectivity index (χ0n) is 22.9. The number of nitrogens with one attached hydrogen (secondary N) is 4. The molecule has 3 rings (SSSR count). The molecule has 3 amide bonds. The quantitative estimate of drug-likeness (QED) is 0.220. The summed E-state index contributed by atoms with van der Waals surface area (Å²) in [5.74, 6) is -0.859. The Balaban J connectivity index is 1.74. The van der Waals surface area contributed by atoms with Gasteiger partial charge in [0.05, 0.1) is 11.3 Å². The van der Waals surface area contributed by atoms with Crippen LogP contribution in [0.15, 0.2) is 18.5 Å². The van der Waals surface area contributed by atoms with Crippen LogP contribution < -0.4 is 21.5 Å². The third-order valence-electron chi connectivity index (χ3n) is 5.82. The molecule has 0 spiro atoms. The number of nitrogens with zero attached hydrogens (tertiary/aromatic N) is 2. The summed E-state index contributed by atoms with van der Waals surface area (Å²) in [6.45, 7) is 14.8. The molecule has 2 aromatic rings. The van der Waals surface area contributed by atoms with E-state index in [0.29, 0.717) is 43.1 Å². The first-order chi connectivity index (χ1) is 17.2. The molecule has 2 heterocycles. The van der Waals surface area contributed by atoms with E-state index in [9.17, 15) is 14.4 Å². The fourth-order valence-electron chi connectivity index (χ4n) is 3.86. The molecular formula is C25H40N6O5Si. The topological polar surface area (TPSA) is 136 Å². The Morgan fingerprint density at radius 2 is 1.84 bits per heavy atom. The fraction of sp³-hybridized carbons (Fsp3) is 0.600. The fourth-order valence-corrected chi connectivity index (χ4v) is 4.61. The van der Waals surface area contributed by atoms with Gasteiger partial charge in [-0.05, 0) is 45.7 Å². The number of rotatable bonds is 9.